The number of methoxy groups -OCH3 is 1. The first kappa shape index (κ1) is 16.7. The molecule has 1 heterocycles. The van der Waals surface area contributed by atoms with Crippen molar-refractivity contribution in [3.8, 4) is 5.75 Å². The van der Waals surface area contributed by atoms with Gasteiger partial charge in [-0.05, 0) is 29.8 Å². The molecule has 0 bridgehead atoms. The van der Waals surface area contributed by atoms with Crippen LogP contribution in [0.5, 0.6) is 5.75 Å². The Morgan fingerprint density at radius 3 is 2.38 bits per heavy atom. The molecule has 130 valence electrons. The van der Waals surface area contributed by atoms with Gasteiger partial charge in [0.15, 0.2) is 0 Å². The third-order valence-corrected chi connectivity index (χ3v) is 5.34. The average molecular weight is 360 g/mol. The molecule has 0 atom stereocenters. The molecule has 4 rings (SSSR count). The summed E-state index contributed by atoms with van der Waals surface area (Å²) in [5.41, 5.74) is 3.38. The molecule has 0 amide bonds. The number of nitrogens with zero attached hydrogens (tertiary/aromatic N) is 2. The molecule has 3 aromatic carbocycles. The summed E-state index contributed by atoms with van der Waals surface area (Å²) in [7, 11) is 1.70. The summed E-state index contributed by atoms with van der Waals surface area (Å²) >= 11 is 1.81. The zero-order chi connectivity index (χ0) is 17.8. The van der Waals surface area contributed by atoms with Crippen LogP contribution in [0.4, 0.5) is 0 Å². The molecule has 3 nitrogen and oxygen atoms in total. The maximum Gasteiger partial charge on any atom is 0.121 e. The third kappa shape index (κ3) is 3.60. The first-order chi connectivity index (χ1) is 12.8. The van der Waals surface area contributed by atoms with Gasteiger partial charge in [-0.15, -0.1) is 11.8 Å². The van der Waals surface area contributed by atoms with Crippen LogP contribution in [-0.2, 0) is 12.3 Å². The van der Waals surface area contributed by atoms with Crippen LogP contribution < -0.4 is 4.74 Å². The van der Waals surface area contributed by atoms with Crippen molar-refractivity contribution in [1.29, 1.82) is 0 Å². The number of ether oxygens (including phenoxy) is 1. The zero-order valence-corrected chi connectivity index (χ0v) is 15.4. The van der Waals surface area contributed by atoms with Crippen molar-refractivity contribution >= 4 is 22.8 Å². The van der Waals surface area contributed by atoms with Crippen molar-refractivity contribution in [2.24, 2.45) is 0 Å². The van der Waals surface area contributed by atoms with E-state index in [4.69, 9.17) is 9.72 Å². The van der Waals surface area contributed by atoms with E-state index in [1.54, 1.807) is 7.11 Å². The van der Waals surface area contributed by atoms with Gasteiger partial charge in [0.1, 0.15) is 11.6 Å². The summed E-state index contributed by atoms with van der Waals surface area (Å²) in [5.74, 6) is 2.76. The fraction of sp³-hybridized carbons (Fsp3) is 0.136. The molecule has 0 aliphatic heterocycles. The minimum Gasteiger partial charge on any atom is -0.497 e. The van der Waals surface area contributed by atoms with Gasteiger partial charge in [0.25, 0.3) is 0 Å². The second kappa shape index (κ2) is 7.67. The molecule has 0 aliphatic rings. The van der Waals surface area contributed by atoms with Crippen LogP contribution in [0.25, 0.3) is 11.0 Å². The Bertz CT molecular complexity index is 997. The fourth-order valence-corrected chi connectivity index (χ4v) is 3.86. The maximum absolute atomic E-state index is 5.42. The molecule has 0 spiro atoms. The molecular weight excluding hydrogens is 340 g/mol. The van der Waals surface area contributed by atoms with E-state index in [0.29, 0.717) is 0 Å². The van der Waals surface area contributed by atoms with E-state index in [9.17, 15) is 0 Å². The number of imidazole rings is 1. The van der Waals surface area contributed by atoms with Crippen molar-refractivity contribution < 1.29 is 4.74 Å². The van der Waals surface area contributed by atoms with E-state index in [1.165, 1.54) is 10.5 Å². The zero-order valence-electron chi connectivity index (χ0n) is 14.6. The Labute approximate surface area is 157 Å². The minimum absolute atomic E-state index is 0.801. The van der Waals surface area contributed by atoms with Gasteiger partial charge in [-0.2, -0.15) is 0 Å². The number of fused-ring (bicyclic) bond motifs is 1. The maximum atomic E-state index is 5.42. The Kier molecular flexibility index (Phi) is 4.93. The first-order valence-corrected chi connectivity index (χ1v) is 9.57. The number of hydrogen-bond acceptors (Lipinski definition) is 3. The van der Waals surface area contributed by atoms with Crippen LogP contribution in [0.15, 0.2) is 83.8 Å². The van der Waals surface area contributed by atoms with Crippen LogP contribution in [0.3, 0.4) is 0 Å². The molecule has 0 N–H and O–H groups in total. The summed E-state index contributed by atoms with van der Waals surface area (Å²) < 4.78 is 7.71. The highest BCUT2D eigenvalue weighted by Crippen LogP contribution is 2.27. The summed E-state index contributed by atoms with van der Waals surface area (Å²) in [4.78, 5) is 6.14. The van der Waals surface area contributed by atoms with Gasteiger partial charge in [-0.25, -0.2) is 4.98 Å². The van der Waals surface area contributed by atoms with Crippen LogP contribution in [-0.4, -0.2) is 16.7 Å². The number of benzene rings is 3. The van der Waals surface area contributed by atoms with Gasteiger partial charge >= 0.3 is 0 Å². The highest BCUT2D eigenvalue weighted by Gasteiger charge is 2.12. The van der Waals surface area contributed by atoms with Gasteiger partial charge in [0.05, 0.1) is 23.9 Å². The number of hydrogen-bond donors (Lipinski definition) is 0. The smallest absolute Gasteiger partial charge is 0.121 e. The number of thioether (sulfide) groups is 1. The summed E-state index contributed by atoms with van der Waals surface area (Å²) in [6.45, 7) is 0.801. The van der Waals surface area contributed by atoms with Crippen LogP contribution >= 0.6 is 11.8 Å². The third-order valence-electron chi connectivity index (χ3n) is 4.33. The first-order valence-electron chi connectivity index (χ1n) is 8.58. The van der Waals surface area contributed by atoms with E-state index in [0.717, 1.165) is 34.9 Å². The van der Waals surface area contributed by atoms with E-state index < -0.39 is 0 Å². The van der Waals surface area contributed by atoms with Crippen LogP contribution in [0.1, 0.15) is 11.4 Å². The Balaban J connectivity index is 1.71. The normalized spacial score (nSPS) is 11.0. The lowest BCUT2D eigenvalue weighted by Gasteiger charge is -2.10. The average Bonchev–Trinajstić information content (AvgIpc) is 3.04. The lowest BCUT2D eigenvalue weighted by Crippen LogP contribution is -2.04. The molecule has 0 radical (unpaired) electrons. The van der Waals surface area contributed by atoms with Crippen molar-refractivity contribution in [1.82, 2.24) is 9.55 Å². The number of rotatable bonds is 6. The second-order valence-corrected chi connectivity index (χ2v) is 7.10. The molecule has 1 aromatic heterocycles. The van der Waals surface area contributed by atoms with Crippen molar-refractivity contribution in [3.63, 3.8) is 0 Å². The molecule has 0 aliphatic carbocycles. The fourth-order valence-electron chi connectivity index (χ4n) is 3.00. The van der Waals surface area contributed by atoms with Crippen molar-refractivity contribution in [3.05, 3.63) is 90.3 Å². The molecule has 0 saturated carbocycles. The predicted octanol–water partition coefficient (Wildman–Crippen LogP) is 5.39. The molecule has 4 aromatic rings. The van der Waals surface area contributed by atoms with Gasteiger partial charge in [0.2, 0.25) is 0 Å². The lowest BCUT2D eigenvalue weighted by atomic mass is 10.2. The quantitative estimate of drug-likeness (QED) is 0.432. The topological polar surface area (TPSA) is 27.1 Å². The lowest BCUT2D eigenvalue weighted by molar-refractivity contribution is 0.415. The highest BCUT2D eigenvalue weighted by atomic mass is 32.2. The molecule has 4 heteroatoms. The van der Waals surface area contributed by atoms with Gasteiger partial charge in [-0.1, -0.05) is 48.5 Å². The van der Waals surface area contributed by atoms with Gasteiger partial charge < -0.3 is 9.30 Å². The highest BCUT2D eigenvalue weighted by molar-refractivity contribution is 7.98. The van der Waals surface area contributed by atoms with Gasteiger partial charge in [-0.3, -0.25) is 0 Å². The Morgan fingerprint density at radius 1 is 0.923 bits per heavy atom. The Hall–Kier alpha value is -2.72. The molecule has 26 heavy (non-hydrogen) atoms. The Morgan fingerprint density at radius 2 is 1.65 bits per heavy atom. The van der Waals surface area contributed by atoms with E-state index in [1.807, 2.05) is 36.0 Å². The molecule has 0 fully saturated rings. The van der Waals surface area contributed by atoms with Crippen molar-refractivity contribution in [2.45, 2.75) is 17.2 Å². The van der Waals surface area contributed by atoms with Crippen molar-refractivity contribution in [2.75, 3.05) is 7.11 Å². The monoisotopic (exact) mass is 360 g/mol. The summed E-state index contributed by atoms with van der Waals surface area (Å²) in [6, 6.07) is 27.0. The molecule has 0 saturated heterocycles. The van der Waals surface area contributed by atoms with E-state index in [2.05, 4.69) is 59.2 Å². The second-order valence-electron chi connectivity index (χ2n) is 6.06. The van der Waals surface area contributed by atoms with E-state index in [-0.39, 0.29) is 0 Å². The molecular formula is C22H20N2OS. The molecule has 0 unspecified atom stereocenters. The standard InChI is InChI=1S/C22H20N2OS/c1-25-18-12-13-20-21(14-18)24(15-17-8-4-2-5-9-17)22(23-20)16-26-19-10-6-3-7-11-19/h2-14H,15-16H2,1H3. The number of aromatic nitrogens is 2. The summed E-state index contributed by atoms with van der Waals surface area (Å²) in [6.07, 6.45) is 0. The minimum atomic E-state index is 0.801. The summed E-state index contributed by atoms with van der Waals surface area (Å²) in [5, 5.41) is 0. The van der Waals surface area contributed by atoms with E-state index >= 15 is 0 Å². The largest absolute Gasteiger partial charge is 0.497 e. The SMILES string of the molecule is COc1ccc2nc(CSc3ccccc3)n(Cc3ccccc3)c2c1. The van der Waals surface area contributed by atoms with Gasteiger partial charge in [0, 0.05) is 17.5 Å². The van der Waals surface area contributed by atoms with Crippen LogP contribution in [0.2, 0.25) is 0 Å². The van der Waals surface area contributed by atoms with Crippen LogP contribution in [0, 0.1) is 0 Å². The predicted molar refractivity (Wildman–Crippen MR) is 108 cm³/mol.